The van der Waals surface area contributed by atoms with Crippen LogP contribution in [0.2, 0.25) is 0 Å². The quantitative estimate of drug-likeness (QED) is 0.503. The third-order valence-corrected chi connectivity index (χ3v) is 2.80. The molecule has 0 amide bonds. The molecular formula is C10H9N7O3. The van der Waals surface area contributed by atoms with Crippen molar-refractivity contribution in [1.82, 2.24) is 29.4 Å². The van der Waals surface area contributed by atoms with Crippen molar-refractivity contribution >= 4 is 11.6 Å². The number of nitro groups is 1. The van der Waals surface area contributed by atoms with Crippen LogP contribution in [-0.2, 0) is 7.05 Å². The number of fused-ring (bicyclic) bond motifs is 1. The van der Waals surface area contributed by atoms with Gasteiger partial charge in [-0.25, -0.2) is 4.57 Å². The van der Waals surface area contributed by atoms with Gasteiger partial charge in [0.1, 0.15) is 6.20 Å². The lowest BCUT2D eigenvalue weighted by molar-refractivity contribution is -0.396. The molecule has 0 aliphatic heterocycles. The summed E-state index contributed by atoms with van der Waals surface area (Å²) < 4.78 is 7.80. The van der Waals surface area contributed by atoms with E-state index in [0.29, 0.717) is 23.0 Å². The second kappa shape index (κ2) is 4.26. The molecule has 0 aliphatic carbocycles. The average Bonchev–Trinajstić information content (AvgIpc) is 3.01. The van der Waals surface area contributed by atoms with Gasteiger partial charge in [-0.3, -0.25) is 0 Å². The number of hydrogen-bond acceptors (Lipinski definition) is 7. The van der Waals surface area contributed by atoms with E-state index in [-0.39, 0.29) is 5.95 Å². The Balaban J connectivity index is 2.21. The maximum absolute atomic E-state index is 10.8. The van der Waals surface area contributed by atoms with Crippen molar-refractivity contribution < 1.29 is 9.66 Å². The summed E-state index contributed by atoms with van der Waals surface area (Å²) >= 11 is 0. The van der Waals surface area contributed by atoms with Gasteiger partial charge in [0, 0.05) is 6.07 Å². The molecule has 0 bridgehead atoms. The molecule has 3 aromatic rings. The standard InChI is InChI=1S/C10H9N7O3/c1-15-6(5-11-10(15)17(18)19)9-13-12-7-3-4-8(20-2)14-16(7)9/h3-5H,1-2H3. The summed E-state index contributed by atoms with van der Waals surface area (Å²) in [5.41, 5.74) is 0.939. The first-order chi connectivity index (χ1) is 9.61. The minimum atomic E-state index is -0.569. The lowest BCUT2D eigenvalue weighted by Gasteiger charge is -2.00. The van der Waals surface area contributed by atoms with Crippen molar-refractivity contribution in [3.05, 3.63) is 28.4 Å². The van der Waals surface area contributed by atoms with Crippen LogP contribution in [0.15, 0.2) is 18.3 Å². The molecule has 0 aromatic carbocycles. The molecule has 0 unspecified atom stereocenters. The Morgan fingerprint density at radius 2 is 2.15 bits per heavy atom. The molecule has 0 atom stereocenters. The maximum Gasteiger partial charge on any atom is 0.434 e. The summed E-state index contributed by atoms with van der Waals surface area (Å²) in [5, 5.41) is 22.9. The Labute approximate surface area is 111 Å². The van der Waals surface area contributed by atoms with Gasteiger partial charge in [-0.1, -0.05) is 4.98 Å². The predicted octanol–water partition coefficient (Wildman–Crippen LogP) is 0.442. The van der Waals surface area contributed by atoms with Crippen LogP contribution in [0.1, 0.15) is 0 Å². The van der Waals surface area contributed by atoms with Gasteiger partial charge in [0.15, 0.2) is 11.3 Å². The molecule has 0 saturated heterocycles. The van der Waals surface area contributed by atoms with E-state index < -0.39 is 4.92 Å². The zero-order chi connectivity index (χ0) is 14.3. The van der Waals surface area contributed by atoms with Gasteiger partial charge in [0.2, 0.25) is 11.7 Å². The number of ether oxygens (including phenoxy) is 1. The molecular weight excluding hydrogens is 266 g/mol. The first-order valence-corrected chi connectivity index (χ1v) is 5.54. The Morgan fingerprint density at radius 3 is 2.80 bits per heavy atom. The highest BCUT2D eigenvalue weighted by atomic mass is 16.6. The van der Waals surface area contributed by atoms with Crippen LogP contribution in [0.25, 0.3) is 17.2 Å². The molecule has 102 valence electrons. The zero-order valence-electron chi connectivity index (χ0n) is 10.6. The predicted molar refractivity (Wildman–Crippen MR) is 66.2 cm³/mol. The number of aromatic nitrogens is 6. The first kappa shape index (κ1) is 12.0. The Kier molecular flexibility index (Phi) is 2.56. The van der Waals surface area contributed by atoms with Crippen molar-refractivity contribution in [3.63, 3.8) is 0 Å². The van der Waals surface area contributed by atoms with E-state index in [1.807, 2.05) is 0 Å². The van der Waals surface area contributed by atoms with E-state index in [0.717, 1.165) is 0 Å². The highest BCUT2D eigenvalue weighted by molar-refractivity contribution is 5.56. The van der Waals surface area contributed by atoms with Gasteiger partial charge in [-0.2, -0.15) is 4.52 Å². The molecule has 10 heteroatoms. The van der Waals surface area contributed by atoms with E-state index in [1.54, 1.807) is 12.1 Å². The summed E-state index contributed by atoms with van der Waals surface area (Å²) in [6.45, 7) is 0. The highest BCUT2D eigenvalue weighted by Gasteiger charge is 2.23. The van der Waals surface area contributed by atoms with E-state index in [9.17, 15) is 10.1 Å². The molecule has 3 rings (SSSR count). The lowest BCUT2D eigenvalue weighted by Crippen LogP contribution is -2.03. The number of hydrogen-bond donors (Lipinski definition) is 0. The van der Waals surface area contributed by atoms with Crippen LogP contribution in [0.3, 0.4) is 0 Å². The fourth-order valence-corrected chi connectivity index (χ4v) is 1.82. The van der Waals surface area contributed by atoms with Crippen LogP contribution >= 0.6 is 0 Å². The van der Waals surface area contributed by atoms with Gasteiger partial charge in [0.05, 0.1) is 14.2 Å². The van der Waals surface area contributed by atoms with Crippen molar-refractivity contribution in [2.24, 2.45) is 7.05 Å². The molecule has 10 nitrogen and oxygen atoms in total. The monoisotopic (exact) mass is 275 g/mol. The van der Waals surface area contributed by atoms with E-state index in [1.165, 1.54) is 29.4 Å². The van der Waals surface area contributed by atoms with Crippen LogP contribution < -0.4 is 4.74 Å². The van der Waals surface area contributed by atoms with Crippen LogP contribution in [0.4, 0.5) is 5.95 Å². The van der Waals surface area contributed by atoms with Crippen LogP contribution in [0, 0.1) is 10.1 Å². The van der Waals surface area contributed by atoms with Crippen molar-refractivity contribution in [3.8, 4) is 17.4 Å². The minimum absolute atomic E-state index is 0.278. The zero-order valence-corrected chi connectivity index (χ0v) is 10.6. The van der Waals surface area contributed by atoms with Gasteiger partial charge >= 0.3 is 5.95 Å². The summed E-state index contributed by atoms with van der Waals surface area (Å²) in [6.07, 6.45) is 1.36. The first-order valence-electron chi connectivity index (χ1n) is 5.54. The minimum Gasteiger partial charge on any atom is -0.480 e. The fraction of sp³-hybridized carbons (Fsp3) is 0.200. The summed E-state index contributed by atoms with van der Waals surface area (Å²) in [6, 6.07) is 3.34. The Bertz CT molecular complexity index is 806. The van der Waals surface area contributed by atoms with Gasteiger partial charge in [-0.15, -0.1) is 15.3 Å². The smallest absolute Gasteiger partial charge is 0.434 e. The number of nitrogens with zero attached hydrogens (tertiary/aromatic N) is 7. The molecule has 3 heterocycles. The molecule has 0 aliphatic rings. The second-order valence-electron chi connectivity index (χ2n) is 3.93. The maximum atomic E-state index is 10.8. The molecule has 0 N–H and O–H groups in total. The van der Waals surface area contributed by atoms with E-state index in [2.05, 4.69) is 20.3 Å². The van der Waals surface area contributed by atoms with Crippen LogP contribution in [0.5, 0.6) is 5.88 Å². The molecule has 0 saturated carbocycles. The SMILES string of the molecule is COc1ccc2nnc(-c3cnc([N+](=O)[O-])n3C)n2n1. The molecule has 20 heavy (non-hydrogen) atoms. The molecule has 0 fully saturated rings. The number of rotatable bonds is 3. The Hall–Kier alpha value is -3.04. The summed E-state index contributed by atoms with van der Waals surface area (Å²) in [7, 11) is 3.02. The summed E-state index contributed by atoms with van der Waals surface area (Å²) in [4.78, 5) is 14.0. The second-order valence-corrected chi connectivity index (χ2v) is 3.93. The molecule has 3 aromatic heterocycles. The summed E-state index contributed by atoms with van der Waals surface area (Å²) in [5.74, 6) is 0.455. The average molecular weight is 275 g/mol. The Morgan fingerprint density at radius 1 is 1.35 bits per heavy atom. The van der Waals surface area contributed by atoms with Gasteiger partial charge in [-0.05, 0) is 11.0 Å². The van der Waals surface area contributed by atoms with Crippen molar-refractivity contribution in [2.75, 3.05) is 7.11 Å². The topological polar surface area (TPSA) is 113 Å². The van der Waals surface area contributed by atoms with Crippen molar-refractivity contribution in [2.45, 2.75) is 0 Å². The highest BCUT2D eigenvalue weighted by Crippen LogP contribution is 2.22. The van der Waals surface area contributed by atoms with E-state index in [4.69, 9.17) is 4.74 Å². The third-order valence-electron chi connectivity index (χ3n) is 2.80. The lowest BCUT2D eigenvalue weighted by atomic mass is 10.4. The van der Waals surface area contributed by atoms with Gasteiger partial charge < -0.3 is 14.9 Å². The normalized spacial score (nSPS) is 10.9. The number of imidazole rings is 1. The van der Waals surface area contributed by atoms with Crippen molar-refractivity contribution in [1.29, 1.82) is 0 Å². The van der Waals surface area contributed by atoms with Crippen LogP contribution in [-0.4, -0.2) is 41.4 Å². The molecule has 0 spiro atoms. The third kappa shape index (κ3) is 1.66. The van der Waals surface area contributed by atoms with Gasteiger partial charge in [0.25, 0.3) is 0 Å². The largest absolute Gasteiger partial charge is 0.480 e. The molecule has 0 radical (unpaired) electrons. The number of methoxy groups -OCH3 is 1. The fourth-order valence-electron chi connectivity index (χ4n) is 1.82. The van der Waals surface area contributed by atoms with E-state index >= 15 is 0 Å².